The molecule has 0 atom stereocenters. The van der Waals surface area contributed by atoms with E-state index >= 15 is 0 Å². The molecule has 0 radical (unpaired) electrons. The van der Waals surface area contributed by atoms with Crippen molar-refractivity contribution >= 4 is 28.8 Å². The molecular formula is C21H22N6O. The van der Waals surface area contributed by atoms with E-state index in [-0.39, 0.29) is 5.91 Å². The molecular weight excluding hydrogens is 352 g/mol. The van der Waals surface area contributed by atoms with Gasteiger partial charge in [0.2, 0.25) is 0 Å². The third-order valence-electron chi connectivity index (χ3n) is 4.91. The number of allylic oxidation sites excluding steroid dienone is 1. The van der Waals surface area contributed by atoms with E-state index in [1.807, 2.05) is 43.5 Å². The predicted molar refractivity (Wildman–Crippen MR) is 110 cm³/mol. The molecule has 7 heteroatoms. The van der Waals surface area contributed by atoms with Gasteiger partial charge in [-0.2, -0.15) is 0 Å². The van der Waals surface area contributed by atoms with Crippen molar-refractivity contribution < 1.29 is 4.79 Å². The molecule has 1 aliphatic rings. The van der Waals surface area contributed by atoms with Gasteiger partial charge >= 0.3 is 0 Å². The number of carbonyl (C=O) groups is 1. The fourth-order valence-electron chi connectivity index (χ4n) is 3.51. The molecule has 3 aromatic rings. The van der Waals surface area contributed by atoms with Crippen LogP contribution in [0.4, 0.5) is 5.82 Å². The Hall–Kier alpha value is -3.48. The Morgan fingerprint density at radius 1 is 1.21 bits per heavy atom. The molecule has 0 spiro atoms. The molecule has 0 aliphatic heterocycles. The highest BCUT2D eigenvalue weighted by atomic mass is 16.1. The summed E-state index contributed by atoms with van der Waals surface area (Å²) in [5.41, 5.74) is 5.47. The second-order valence-corrected chi connectivity index (χ2v) is 6.84. The lowest BCUT2D eigenvalue weighted by molar-refractivity contribution is 0.0957. The monoisotopic (exact) mass is 374 g/mol. The summed E-state index contributed by atoms with van der Waals surface area (Å²) in [6, 6.07) is 9.66. The van der Waals surface area contributed by atoms with Crippen molar-refractivity contribution in [3.05, 3.63) is 65.2 Å². The standard InChI is InChI=1S/C21H22N6O/c1-13-5-3-8-18(25-13)26-20(15-6-4-7-16(15)22)14-9-10-19-24-11-17(21(28)23-2)27(19)12-14/h3,5,8-12,22H,4,6-7H2,1-2H3,(H,23,28)(H,25,26)/b20-15-,22-16?. The molecule has 1 fully saturated rings. The van der Waals surface area contributed by atoms with Crippen LogP contribution in [0.3, 0.4) is 0 Å². The van der Waals surface area contributed by atoms with E-state index in [0.29, 0.717) is 17.1 Å². The second-order valence-electron chi connectivity index (χ2n) is 6.84. The van der Waals surface area contributed by atoms with Crippen LogP contribution < -0.4 is 10.6 Å². The number of fused-ring (bicyclic) bond motifs is 1. The molecule has 28 heavy (non-hydrogen) atoms. The van der Waals surface area contributed by atoms with Crippen LogP contribution in [0.15, 0.2) is 48.3 Å². The van der Waals surface area contributed by atoms with Crippen molar-refractivity contribution in [3.63, 3.8) is 0 Å². The first-order valence-electron chi connectivity index (χ1n) is 9.28. The minimum absolute atomic E-state index is 0.194. The largest absolute Gasteiger partial charge is 0.354 e. The summed E-state index contributed by atoms with van der Waals surface area (Å²) < 4.78 is 1.78. The van der Waals surface area contributed by atoms with Gasteiger partial charge in [0.25, 0.3) is 5.91 Å². The Morgan fingerprint density at radius 3 is 2.79 bits per heavy atom. The van der Waals surface area contributed by atoms with Crippen molar-refractivity contribution in [2.45, 2.75) is 26.2 Å². The Bertz CT molecular complexity index is 1110. The maximum atomic E-state index is 12.2. The number of carbonyl (C=O) groups excluding carboxylic acids is 1. The van der Waals surface area contributed by atoms with Gasteiger partial charge in [-0.25, -0.2) is 9.97 Å². The fourth-order valence-corrected chi connectivity index (χ4v) is 3.51. The van der Waals surface area contributed by atoms with Crippen molar-refractivity contribution in [1.29, 1.82) is 5.41 Å². The van der Waals surface area contributed by atoms with Gasteiger partial charge < -0.3 is 16.0 Å². The molecule has 0 aromatic carbocycles. The number of aromatic nitrogens is 3. The molecule has 0 bridgehead atoms. The summed E-state index contributed by atoms with van der Waals surface area (Å²) in [6.45, 7) is 1.95. The summed E-state index contributed by atoms with van der Waals surface area (Å²) in [7, 11) is 1.60. The Kier molecular flexibility index (Phi) is 4.65. The number of aryl methyl sites for hydroxylation is 1. The highest BCUT2D eigenvalue weighted by Crippen LogP contribution is 2.30. The number of anilines is 1. The van der Waals surface area contributed by atoms with E-state index in [4.69, 9.17) is 5.41 Å². The van der Waals surface area contributed by atoms with E-state index in [2.05, 4.69) is 20.6 Å². The molecule has 1 aliphatic carbocycles. The fraction of sp³-hybridized carbons (Fsp3) is 0.238. The smallest absolute Gasteiger partial charge is 0.269 e. The average molecular weight is 374 g/mol. The van der Waals surface area contributed by atoms with Gasteiger partial charge in [0.05, 0.1) is 11.9 Å². The number of imidazole rings is 1. The predicted octanol–water partition coefficient (Wildman–Crippen LogP) is 3.42. The summed E-state index contributed by atoms with van der Waals surface area (Å²) >= 11 is 0. The zero-order chi connectivity index (χ0) is 19.7. The van der Waals surface area contributed by atoms with Gasteiger partial charge in [0, 0.05) is 30.2 Å². The molecule has 0 saturated heterocycles. The minimum Gasteiger partial charge on any atom is -0.354 e. The lowest BCUT2D eigenvalue weighted by atomic mass is 10.1. The molecule has 7 nitrogen and oxygen atoms in total. The van der Waals surface area contributed by atoms with E-state index in [1.165, 1.54) is 0 Å². The maximum Gasteiger partial charge on any atom is 0.269 e. The van der Waals surface area contributed by atoms with Gasteiger partial charge in [-0.05, 0) is 56.0 Å². The third kappa shape index (κ3) is 3.26. The summed E-state index contributed by atoms with van der Waals surface area (Å²) in [5.74, 6) is 0.542. The number of hydrogen-bond acceptors (Lipinski definition) is 5. The first-order valence-corrected chi connectivity index (χ1v) is 9.28. The van der Waals surface area contributed by atoms with Crippen molar-refractivity contribution in [1.82, 2.24) is 19.7 Å². The van der Waals surface area contributed by atoms with Crippen LogP contribution in [0.5, 0.6) is 0 Å². The van der Waals surface area contributed by atoms with Gasteiger partial charge in [-0.3, -0.25) is 9.20 Å². The SMILES string of the molecule is CNC(=O)c1cnc2ccc(/C(Nc3cccc(C)n3)=C3\CCCC3=N)cn12. The lowest BCUT2D eigenvalue weighted by Gasteiger charge is -2.15. The highest BCUT2D eigenvalue weighted by molar-refractivity contribution is 6.07. The number of nitrogens with one attached hydrogen (secondary N) is 3. The van der Waals surface area contributed by atoms with E-state index in [0.717, 1.165) is 47.6 Å². The van der Waals surface area contributed by atoms with Crippen LogP contribution in [-0.4, -0.2) is 33.0 Å². The average Bonchev–Trinajstić information content (AvgIpc) is 3.31. The Labute approximate surface area is 163 Å². The highest BCUT2D eigenvalue weighted by Gasteiger charge is 2.21. The van der Waals surface area contributed by atoms with Crippen molar-refractivity contribution in [3.8, 4) is 0 Å². The zero-order valence-corrected chi connectivity index (χ0v) is 15.9. The zero-order valence-electron chi connectivity index (χ0n) is 15.9. The molecule has 4 rings (SSSR count). The van der Waals surface area contributed by atoms with Crippen LogP contribution in [0, 0.1) is 12.3 Å². The van der Waals surface area contributed by atoms with Gasteiger partial charge in [-0.1, -0.05) is 6.07 Å². The summed E-state index contributed by atoms with van der Waals surface area (Å²) in [5, 5.41) is 14.4. The van der Waals surface area contributed by atoms with E-state index in [9.17, 15) is 4.79 Å². The minimum atomic E-state index is -0.194. The molecule has 3 aromatic heterocycles. The van der Waals surface area contributed by atoms with Crippen LogP contribution in [0.1, 0.15) is 41.0 Å². The number of pyridine rings is 2. The van der Waals surface area contributed by atoms with Crippen molar-refractivity contribution in [2.75, 3.05) is 12.4 Å². The van der Waals surface area contributed by atoms with Crippen molar-refractivity contribution in [2.24, 2.45) is 0 Å². The number of hydrogen-bond donors (Lipinski definition) is 3. The van der Waals surface area contributed by atoms with E-state index < -0.39 is 0 Å². The molecule has 0 unspecified atom stereocenters. The first-order chi connectivity index (χ1) is 13.6. The van der Waals surface area contributed by atoms with Crippen LogP contribution in [0.2, 0.25) is 0 Å². The third-order valence-corrected chi connectivity index (χ3v) is 4.91. The quantitative estimate of drug-likeness (QED) is 0.652. The molecule has 3 heterocycles. The first kappa shape index (κ1) is 17.9. The molecule has 3 N–H and O–H groups in total. The van der Waals surface area contributed by atoms with Crippen LogP contribution >= 0.6 is 0 Å². The van der Waals surface area contributed by atoms with Crippen LogP contribution in [-0.2, 0) is 0 Å². The Morgan fingerprint density at radius 2 is 2.07 bits per heavy atom. The number of rotatable bonds is 4. The van der Waals surface area contributed by atoms with Gasteiger partial charge in [0.1, 0.15) is 17.2 Å². The topological polar surface area (TPSA) is 95.2 Å². The second kappa shape index (κ2) is 7.26. The normalized spacial score (nSPS) is 15.7. The Balaban J connectivity index is 1.85. The van der Waals surface area contributed by atoms with Gasteiger partial charge in [0.15, 0.2) is 0 Å². The summed E-state index contributed by atoms with van der Waals surface area (Å²) in [4.78, 5) is 21.0. The summed E-state index contributed by atoms with van der Waals surface area (Å²) in [6.07, 6.45) is 6.05. The molecule has 1 amide bonds. The van der Waals surface area contributed by atoms with Gasteiger partial charge in [-0.15, -0.1) is 0 Å². The molecule has 142 valence electrons. The van der Waals surface area contributed by atoms with E-state index in [1.54, 1.807) is 17.6 Å². The molecule has 1 saturated carbocycles. The number of nitrogens with zero attached hydrogens (tertiary/aromatic N) is 3. The number of amides is 1. The lowest BCUT2D eigenvalue weighted by Crippen LogP contribution is -2.19. The maximum absolute atomic E-state index is 12.2. The van der Waals surface area contributed by atoms with Crippen LogP contribution in [0.25, 0.3) is 11.3 Å².